The molecule has 0 unspecified atom stereocenters. The van der Waals surface area contributed by atoms with Gasteiger partial charge in [0.25, 0.3) is 0 Å². The van der Waals surface area contributed by atoms with Crippen molar-refractivity contribution in [3.8, 4) is 0 Å². The van der Waals surface area contributed by atoms with Crippen LogP contribution in [0.15, 0.2) is 131 Å². The number of alkyl halides is 9. The fourth-order valence-electron chi connectivity index (χ4n) is 7.56. The molecule has 122 heavy (non-hydrogen) atoms. The van der Waals surface area contributed by atoms with Crippen molar-refractivity contribution in [2.24, 2.45) is 38.9 Å². The first-order chi connectivity index (χ1) is 55.1. The molecule has 0 N–H and O–H groups in total. The average Bonchev–Trinajstić information content (AvgIpc) is 1.32. The van der Waals surface area contributed by atoms with Gasteiger partial charge in [-0.15, -0.1) is 11.3 Å². The minimum atomic E-state index is -4.97. The molecule has 3 aromatic carbocycles. The predicted octanol–water partition coefficient (Wildman–Crippen LogP) is 20.1. The number of hydrogen-bond donors (Lipinski definition) is 0. The zero-order chi connectivity index (χ0) is 96.6. The number of benzene rings is 3. The van der Waals surface area contributed by atoms with Crippen LogP contribution in [0.5, 0.6) is 0 Å². The van der Waals surface area contributed by atoms with Crippen molar-refractivity contribution < 1.29 is 140 Å². The Kier molecular flexibility index (Phi) is 55.9. The Morgan fingerprint density at radius 3 is 0.811 bits per heavy atom. The third-order valence-corrected chi connectivity index (χ3v) is 15.9. The Hall–Kier alpha value is -10.6. The second-order valence-corrected chi connectivity index (χ2v) is 34.3. The molecule has 0 aliphatic heterocycles. The van der Waals surface area contributed by atoms with Crippen molar-refractivity contribution in [1.82, 2.24) is 0 Å². The van der Waals surface area contributed by atoms with Crippen molar-refractivity contribution in [1.29, 1.82) is 0 Å². The molecule has 0 saturated heterocycles. The molecule has 0 fully saturated rings. The summed E-state index contributed by atoms with van der Waals surface area (Å²) in [6.07, 6.45) is -16.2. The molecule has 0 radical (unpaired) electrons. The molecular weight excluding hydrogens is 1630 g/mol. The van der Waals surface area contributed by atoms with Crippen molar-refractivity contribution >= 4 is 127 Å². The van der Waals surface area contributed by atoms with Crippen molar-refractivity contribution in [3.05, 3.63) is 154 Å². The van der Waals surface area contributed by atoms with Gasteiger partial charge in [0.05, 0.1) is 75.3 Å². The Morgan fingerprint density at radius 2 is 0.574 bits per heavy atom. The maximum atomic E-state index is 11.8. The van der Waals surface area contributed by atoms with Crippen LogP contribution in [0.3, 0.4) is 0 Å². The minimum absolute atomic E-state index is 0.00565. The summed E-state index contributed by atoms with van der Waals surface area (Å²) in [6, 6.07) is 32.1. The number of hydrogen-bond acceptors (Lipinski definition) is 22. The standard InChI is InChI=1S/C15H12O2.C13H16O2.C11H20O2.C8H5F3O3.C8H5F3O2S.C8H11F3O2.2C8H14O2.C7H12O2.C5H8O2/c16-14(12-7-3-1-4-8-12)11-15(17)13-9-5-2-6-10-13;1-13(2,3)12(15)9-11(14)10-7-5-4-6-8-10;1-10(2,3)8(12)7-9(13)11(4,5)6;2*9-8(10,11)7(13)4-5(12)6-2-1-3-14-6;1-7(2,3)5(12)4-6(13)8(9,10)11;1-6(9)5-7(10)8(2,3)4;1-6(2)4-8(10)5-7(3)9;1-5(2)7(9)4-6(3)8;1-4(6)3-5(2)7/h1-10H,11H2;4-8H,9H2,1-3H3;7H2,1-6H3;2*1-3H,4H2;4H2,1-3H3;5H2,1-4H3;6H,4-5H2,1-3H3;5H,4H2,1-3H3;3H2,1-2H3. The third kappa shape index (κ3) is 62.5. The number of carbonyl (C=O) groups is 20. The normalized spacial score (nSPS) is 11.0. The summed E-state index contributed by atoms with van der Waals surface area (Å²) in [4.78, 5) is 218. The lowest BCUT2D eigenvalue weighted by molar-refractivity contribution is -0.172. The molecule has 0 spiro atoms. The first kappa shape index (κ1) is 120. The molecule has 21 nitrogen and oxygen atoms in total. The molecule has 2 aromatic heterocycles. The lowest BCUT2D eigenvalue weighted by Crippen LogP contribution is -2.30. The number of thiophene rings is 1. The van der Waals surface area contributed by atoms with Gasteiger partial charge in [-0.25, -0.2) is 0 Å². The minimum Gasteiger partial charge on any atom is -0.461 e. The van der Waals surface area contributed by atoms with Gasteiger partial charge >= 0.3 is 18.5 Å². The van der Waals surface area contributed by atoms with E-state index >= 15 is 0 Å². The van der Waals surface area contributed by atoms with Gasteiger partial charge in [-0.2, -0.15) is 39.5 Å². The SMILES string of the molecule is CC(=O)CC(=O)C(C)(C)C.CC(=O)CC(=O)C(C)C.CC(=O)CC(=O)CC(C)C.CC(=O)CC(C)=O.CC(C)(C)C(=O)CC(=O)C(C)(C)C.CC(C)(C)C(=O)CC(=O)C(F)(F)F.CC(C)(C)C(=O)CC(=O)c1ccccc1.O=C(CC(=O)C(F)(F)F)c1ccco1.O=C(CC(=O)C(F)(F)F)c1cccs1.O=C(CC(=O)c1ccccc1)c1ccccc1. The fourth-order valence-corrected chi connectivity index (χ4v) is 8.22. The smallest absolute Gasteiger partial charge is 0.450 e. The fraction of sp³-hybridized carbons (Fsp3) is 0.495. The van der Waals surface area contributed by atoms with E-state index in [4.69, 9.17) is 0 Å². The molecule has 5 rings (SSSR count). The van der Waals surface area contributed by atoms with E-state index in [1.54, 1.807) is 92.0 Å². The highest BCUT2D eigenvalue weighted by Gasteiger charge is 2.42. The van der Waals surface area contributed by atoms with Crippen LogP contribution in [0.4, 0.5) is 39.5 Å². The highest BCUT2D eigenvalue weighted by molar-refractivity contribution is 7.12. The van der Waals surface area contributed by atoms with Crippen molar-refractivity contribution in [3.63, 3.8) is 0 Å². The van der Waals surface area contributed by atoms with E-state index in [9.17, 15) is 135 Å². The second-order valence-electron chi connectivity index (χ2n) is 33.3. The Morgan fingerprint density at radius 1 is 0.295 bits per heavy atom. The quantitative estimate of drug-likeness (QED) is 0.0255. The molecule has 0 aliphatic rings. The number of rotatable bonds is 28. The van der Waals surface area contributed by atoms with Gasteiger partial charge in [-0.05, 0) is 64.1 Å². The predicted molar refractivity (Wildman–Crippen MR) is 443 cm³/mol. The second kappa shape index (κ2) is 56.9. The molecular formula is C91H117F9O21S. The van der Waals surface area contributed by atoms with Crippen molar-refractivity contribution in [2.75, 3.05) is 0 Å². The summed E-state index contributed by atoms with van der Waals surface area (Å²) < 4.78 is 110. The van der Waals surface area contributed by atoms with Crippen LogP contribution in [0.2, 0.25) is 0 Å². The van der Waals surface area contributed by atoms with E-state index in [0.29, 0.717) is 29.0 Å². The average molecular weight is 1750 g/mol. The zero-order valence-electron chi connectivity index (χ0n) is 73.9. The summed E-state index contributed by atoms with van der Waals surface area (Å²) in [7, 11) is 0. The summed E-state index contributed by atoms with van der Waals surface area (Å²) in [5.74, 6) is -8.92. The van der Waals surface area contributed by atoms with Gasteiger partial charge in [0.1, 0.15) is 69.4 Å². The number of halogens is 9. The van der Waals surface area contributed by atoms with Gasteiger partial charge in [0.15, 0.2) is 28.9 Å². The number of furan rings is 1. The van der Waals surface area contributed by atoms with Crippen LogP contribution in [0, 0.1) is 38.9 Å². The highest BCUT2D eigenvalue weighted by atomic mass is 32.1. The molecule has 0 atom stereocenters. The molecule has 676 valence electrons. The summed E-state index contributed by atoms with van der Waals surface area (Å²) in [5, 5.41) is 1.56. The lowest BCUT2D eigenvalue weighted by atomic mass is 9.82. The number of ketones is 20. The maximum absolute atomic E-state index is 11.8. The highest BCUT2D eigenvalue weighted by Crippen LogP contribution is 2.27. The first-order valence-electron chi connectivity index (χ1n) is 38.0. The molecule has 0 bridgehead atoms. The van der Waals surface area contributed by atoms with E-state index in [2.05, 4.69) is 4.42 Å². The first-order valence-corrected chi connectivity index (χ1v) is 38.9. The largest absolute Gasteiger partial charge is 0.461 e. The van der Waals surface area contributed by atoms with E-state index in [1.165, 1.54) is 79.7 Å². The summed E-state index contributed by atoms with van der Waals surface area (Å²) >= 11 is 1.01. The molecule has 2 heterocycles. The molecule has 0 aliphatic carbocycles. The van der Waals surface area contributed by atoms with E-state index in [1.807, 2.05) is 115 Å². The van der Waals surface area contributed by atoms with Gasteiger partial charge in [0, 0.05) is 56.1 Å². The van der Waals surface area contributed by atoms with Crippen LogP contribution in [0.25, 0.3) is 0 Å². The maximum Gasteiger partial charge on any atom is 0.450 e. The zero-order valence-corrected chi connectivity index (χ0v) is 74.8. The van der Waals surface area contributed by atoms with Crippen molar-refractivity contribution in [2.45, 2.75) is 255 Å². The van der Waals surface area contributed by atoms with Crippen LogP contribution in [-0.4, -0.2) is 134 Å². The van der Waals surface area contributed by atoms with Crippen LogP contribution < -0.4 is 0 Å². The molecule has 0 amide bonds. The van der Waals surface area contributed by atoms with Crippen LogP contribution in [-0.2, 0) is 71.9 Å². The number of Topliss-reactive ketones (excluding diaryl/α,β-unsaturated/α-hetero) is 20. The van der Waals surface area contributed by atoms with E-state index < -0.39 is 94.2 Å². The number of carbonyl (C=O) groups excluding carboxylic acids is 20. The van der Waals surface area contributed by atoms with Gasteiger partial charge < -0.3 is 4.42 Å². The molecule has 31 heteroatoms. The van der Waals surface area contributed by atoms with E-state index in [-0.39, 0.29) is 148 Å². The third-order valence-electron chi connectivity index (χ3n) is 15.0. The van der Waals surface area contributed by atoms with Gasteiger partial charge in [0.2, 0.25) is 23.1 Å². The summed E-state index contributed by atoms with van der Waals surface area (Å²) in [6.45, 7) is 41.0. The lowest BCUT2D eigenvalue weighted by Gasteiger charge is -2.20. The van der Waals surface area contributed by atoms with Crippen LogP contribution in [0.1, 0.15) is 288 Å². The monoisotopic (exact) mass is 1750 g/mol. The Labute approximate surface area is 712 Å². The Bertz CT molecular complexity index is 4030. The summed E-state index contributed by atoms with van der Waals surface area (Å²) in [5.41, 5.74) is -0.748. The molecule has 5 aromatic rings. The topological polar surface area (TPSA) is 355 Å². The van der Waals surface area contributed by atoms with Crippen LogP contribution >= 0.6 is 11.3 Å². The Balaban J connectivity index is -0.000000419. The van der Waals surface area contributed by atoms with Gasteiger partial charge in [-0.3, -0.25) is 95.9 Å². The molecule has 0 saturated carbocycles. The van der Waals surface area contributed by atoms with Gasteiger partial charge in [-0.1, -0.05) is 229 Å². The van der Waals surface area contributed by atoms with E-state index in [0.717, 1.165) is 17.6 Å².